The topological polar surface area (TPSA) is 54.3 Å². The van der Waals surface area contributed by atoms with E-state index in [0.717, 1.165) is 65.9 Å². The molecular formula is C22H28FN5OS. The summed E-state index contributed by atoms with van der Waals surface area (Å²) in [4.78, 5) is 21.7. The molecular weight excluding hydrogens is 401 g/mol. The van der Waals surface area contributed by atoms with Crippen LogP contribution in [0.2, 0.25) is 0 Å². The van der Waals surface area contributed by atoms with Crippen molar-refractivity contribution in [3.8, 4) is 5.69 Å². The van der Waals surface area contributed by atoms with Gasteiger partial charge in [0, 0.05) is 32.6 Å². The van der Waals surface area contributed by atoms with Gasteiger partial charge in [-0.15, -0.1) is 0 Å². The lowest BCUT2D eigenvalue weighted by molar-refractivity contribution is -0.131. The molecule has 0 saturated carbocycles. The predicted octanol–water partition coefficient (Wildman–Crippen LogP) is 4.40. The lowest BCUT2D eigenvalue weighted by Gasteiger charge is -2.22. The highest BCUT2D eigenvalue weighted by molar-refractivity contribution is 7.22. The first kappa shape index (κ1) is 20.8. The van der Waals surface area contributed by atoms with Crippen molar-refractivity contribution in [2.45, 2.75) is 40.0 Å². The highest BCUT2D eigenvalue weighted by Gasteiger charge is 2.23. The molecule has 4 rings (SSSR count). The van der Waals surface area contributed by atoms with Gasteiger partial charge in [-0.05, 0) is 49.9 Å². The predicted molar refractivity (Wildman–Crippen MR) is 119 cm³/mol. The Morgan fingerprint density at radius 1 is 1.17 bits per heavy atom. The second-order valence-electron chi connectivity index (χ2n) is 8.28. The zero-order chi connectivity index (χ0) is 21.3. The van der Waals surface area contributed by atoms with Crippen LogP contribution in [0.25, 0.3) is 16.0 Å². The van der Waals surface area contributed by atoms with Crippen LogP contribution >= 0.6 is 11.3 Å². The van der Waals surface area contributed by atoms with Gasteiger partial charge in [0.15, 0.2) is 10.8 Å². The maximum absolute atomic E-state index is 13.3. The Hall–Kier alpha value is -2.48. The Kier molecular flexibility index (Phi) is 6.04. The molecule has 1 amide bonds. The number of aryl methyl sites for hydroxylation is 1. The molecule has 160 valence electrons. The van der Waals surface area contributed by atoms with E-state index < -0.39 is 0 Å². The highest BCUT2D eigenvalue weighted by atomic mass is 32.1. The van der Waals surface area contributed by atoms with Gasteiger partial charge < -0.3 is 9.80 Å². The molecule has 0 aliphatic carbocycles. The van der Waals surface area contributed by atoms with Crippen LogP contribution in [0, 0.1) is 18.7 Å². The summed E-state index contributed by atoms with van der Waals surface area (Å²) in [6.45, 7) is 9.48. The lowest BCUT2D eigenvalue weighted by atomic mass is 10.1. The van der Waals surface area contributed by atoms with Gasteiger partial charge in [0.1, 0.15) is 5.82 Å². The van der Waals surface area contributed by atoms with Crippen molar-refractivity contribution in [3.63, 3.8) is 0 Å². The van der Waals surface area contributed by atoms with E-state index in [4.69, 9.17) is 4.98 Å². The number of fused-ring (bicyclic) bond motifs is 1. The molecule has 0 unspecified atom stereocenters. The van der Waals surface area contributed by atoms with Gasteiger partial charge in [-0.25, -0.2) is 9.07 Å². The molecule has 1 aliphatic rings. The van der Waals surface area contributed by atoms with E-state index in [9.17, 15) is 9.18 Å². The van der Waals surface area contributed by atoms with Gasteiger partial charge in [-0.3, -0.25) is 4.79 Å². The van der Waals surface area contributed by atoms with E-state index in [2.05, 4.69) is 23.8 Å². The summed E-state index contributed by atoms with van der Waals surface area (Å²) in [6.07, 6.45) is 2.51. The molecule has 0 radical (unpaired) electrons. The normalized spacial score (nSPS) is 15.2. The van der Waals surface area contributed by atoms with Gasteiger partial charge in [-0.1, -0.05) is 25.2 Å². The number of rotatable bonds is 5. The van der Waals surface area contributed by atoms with Crippen molar-refractivity contribution >= 4 is 32.7 Å². The quantitative estimate of drug-likeness (QED) is 0.603. The number of aromatic nitrogens is 3. The monoisotopic (exact) mass is 429 g/mol. The van der Waals surface area contributed by atoms with Gasteiger partial charge in [0.2, 0.25) is 5.91 Å². The van der Waals surface area contributed by atoms with Crippen molar-refractivity contribution in [2.75, 3.05) is 31.1 Å². The van der Waals surface area contributed by atoms with Crippen LogP contribution in [-0.4, -0.2) is 51.8 Å². The molecule has 1 aromatic carbocycles. The maximum Gasteiger partial charge on any atom is 0.222 e. The summed E-state index contributed by atoms with van der Waals surface area (Å²) in [5.41, 5.74) is 2.51. The van der Waals surface area contributed by atoms with Crippen LogP contribution in [0.3, 0.4) is 0 Å². The molecule has 0 spiro atoms. The lowest BCUT2D eigenvalue weighted by Crippen LogP contribution is -2.35. The second kappa shape index (κ2) is 8.71. The molecule has 0 atom stereocenters. The van der Waals surface area contributed by atoms with E-state index in [-0.39, 0.29) is 11.7 Å². The summed E-state index contributed by atoms with van der Waals surface area (Å²) in [5, 5.41) is 5.55. The summed E-state index contributed by atoms with van der Waals surface area (Å²) in [7, 11) is 0. The van der Waals surface area contributed by atoms with Crippen LogP contribution < -0.4 is 4.90 Å². The van der Waals surface area contributed by atoms with Crippen molar-refractivity contribution < 1.29 is 9.18 Å². The SMILES string of the molecule is Cc1nn(-c2ccc(F)cc2)c2nc(N3CCCN(C(=O)CCC(C)C)CC3)sc12. The maximum atomic E-state index is 13.3. The fourth-order valence-corrected chi connectivity index (χ4v) is 4.79. The zero-order valence-corrected chi connectivity index (χ0v) is 18.6. The first-order chi connectivity index (χ1) is 14.4. The minimum absolute atomic E-state index is 0.262. The zero-order valence-electron chi connectivity index (χ0n) is 17.8. The molecule has 3 heterocycles. The third-order valence-electron chi connectivity index (χ3n) is 5.50. The molecule has 2 aromatic heterocycles. The number of benzene rings is 1. The molecule has 6 nitrogen and oxygen atoms in total. The standard InChI is InChI=1S/C22H28FN5OS/c1-15(2)5-10-19(29)26-11-4-12-27(14-13-26)22-24-21-20(30-22)16(3)25-28(21)18-8-6-17(23)7-9-18/h6-9,15H,4-5,10-14H2,1-3H3. The van der Waals surface area contributed by atoms with Gasteiger partial charge in [0.25, 0.3) is 0 Å². The van der Waals surface area contributed by atoms with Crippen LogP contribution in [0.4, 0.5) is 9.52 Å². The van der Waals surface area contributed by atoms with Gasteiger partial charge in [-0.2, -0.15) is 10.1 Å². The average Bonchev–Trinajstić information content (AvgIpc) is 3.18. The van der Waals surface area contributed by atoms with Crippen molar-refractivity contribution in [1.29, 1.82) is 0 Å². The number of carbonyl (C=O) groups is 1. The molecule has 1 aliphatic heterocycles. The summed E-state index contributed by atoms with van der Waals surface area (Å²) in [5.74, 6) is 0.539. The molecule has 1 fully saturated rings. The summed E-state index contributed by atoms with van der Waals surface area (Å²) in [6, 6.07) is 6.30. The Balaban J connectivity index is 1.52. The number of thiazole rings is 1. The molecule has 8 heteroatoms. The fourth-order valence-electron chi connectivity index (χ4n) is 3.75. The largest absolute Gasteiger partial charge is 0.346 e. The number of amides is 1. The first-order valence-corrected chi connectivity index (χ1v) is 11.4. The Labute approximate surface area is 180 Å². The van der Waals surface area contributed by atoms with Gasteiger partial charge >= 0.3 is 0 Å². The number of hydrogen-bond donors (Lipinski definition) is 0. The summed E-state index contributed by atoms with van der Waals surface area (Å²) < 4.78 is 16.1. The van der Waals surface area contributed by atoms with Crippen LogP contribution in [0.1, 0.15) is 38.8 Å². The van der Waals surface area contributed by atoms with E-state index in [0.29, 0.717) is 12.3 Å². The minimum atomic E-state index is -0.269. The highest BCUT2D eigenvalue weighted by Crippen LogP contribution is 2.33. The fraction of sp³-hybridized carbons (Fsp3) is 0.500. The smallest absolute Gasteiger partial charge is 0.222 e. The number of halogens is 1. The van der Waals surface area contributed by atoms with E-state index in [1.807, 2.05) is 11.8 Å². The number of anilines is 1. The third kappa shape index (κ3) is 4.33. The average molecular weight is 430 g/mol. The molecule has 0 N–H and O–H groups in total. The Morgan fingerprint density at radius 2 is 1.93 bits per heavy atom. The van der Waals surface area contributed by atoms with E-state index in [1.165, 1.54) is 12.1 Å². The minimum Gasteiger partial charge on any atom is -0.346 e. The molecule has 30 heavy (non-hydrogen) atoms. The van der Waals surface area contributed by atoms with Crippen LogP contribution in [-0.2, 0) is 4.79 Å². The number of carbonyl (C=O) groups excluding carboxylic acids is 1. The third-order valence-corrected chi connectivity index (χ3v) is 6.72. The van der Waals surface area contributed by atoms with Gasteiger partial charge in [0.05, 0.1) is 16.1 Å². The van der Waals surface area contributed by atoms with Crippen LogP contribution in [0.15, 0.2) is 24.3 Å². The number of nitrogens with zero attached hydrogens (tertiary/aromatic N) is 5. The summed E-state index contributed by atoms with van der Waals surface area (Å²) >= 11 is 1.64. The molecule has 0 bridgehead atoms. The van der Waals surface area contributed by atoms with Crippen molar-refractivity contribution in [1.82, 2.24) is 19.7 Å². The second-order valence-corrected chi connectivity index (χ2v) is 9.25. The number of hydrogen-bond acceptors (Lipinski definition) is 5. The molecule has 3 aromatic rings. The Morgan fingerprint density at radius 3 is 2.67 bits per heavy atom. The van der Waals surface area contributed by atoms with E-state index >= 15 is 0 Å². The van der Waals surface area contributed by atoms with E-state index in [1.54, 1.807) is 28.2 Å². The van der Waals surface area contributed by atoms with Crippen molar-refractivity contribution in [2.24, 2.45) is 5.92 Å². The van der Waals surface area contributed by atoms with Crippen LogP contribution in [0.5, 0.6) is 0 Å². The Bertz CT molecular complexity index is 1030. The van der Waals surface area contributed by atoms with Crippen molar-refractivity contribution in [3.05, 3.63) is 35.8 Å². The molecule has 1 saturated heterocycles. The first-order valence-electron chi connectivity index (χ1n) is 10.6.